The number of hydrogen-bond donors (Lipinski definition) is 3. The maximum absolute atomic E-state index is 11.9. The molecule has 0 bridgehead atoms. The van der Waals surface area contributed by atoms with E-state index < -0.39 is 5.97 Å². The number of nitrogens with one attached hydrogen (secondary N) is 2. The first-order chi connectivity index (χ1) is 12.4. The van der Waals surface area contributed by atoms with Gasteiger partial charge in [0.25, 0.3) is 0 Å². The van der Waals surface area contributed by atoms with E-state index in [1.54, 1.807) is 0 Å². The van der Waals surface area contributed by atoms with Gasteiger partial charge in [-0.3, -0.25) is 9.69 Å². The van der Waals surface area contributed by atoms with Crippen molar-refractivity contribution < 1.29 is 19.4 Å². The van der Waals surface area contributed by atoms with Crippen molar-refractivity contribution in [3.63, 3.8) is 0 Å². The summed E-state index contributed by atoms with van der Waals surface area (Å²) in [5, 5.41) is 14.6. The van der Waals surface area contributed by atoms with Crippen molar-refractivity contribution >= 4 is 12.0 Å². The van der Waals surface area contributed by atoms with E-state index in [0.29, 0.717) is 19.7 Å². The number of carboxylic acid groups (broad SMARTS) is 1. The van der Waals surface area contributed by atoms with E-state index in [-0.39, 0.29) is 24.7 Å². The third-order valence-electron chi connectivity index (χ3n) is 4.56. The minimum atomic E-state index is -0.815. The highest BCUT2D eigenvalue weighted by molar-refractivity contribution is 5.74. The first kappa shape index (κ1) is 20.0. The number of likely N-dealkylation sites (N-methyl/N-ethyl adjacent to an activating group) is 1. The van der Waals surface area contributed by atoms with Gasteiger partial charge < -0.3 is 20.5 Å². The van der Waals surface area contributed by atoms with E-state index in [1.165, 1.54) is 0 Å². The predicted molar refractivity (Wildman–Crippen MR) is 99.6 cm³/mol. The number of aryl methyl sites for hydroxylation is 2. The number of aliphatic carboxylic acids is 1. The summed E-state index contributed by atoms with van der Waals surface area (Å²) in [6, 6.07) is 6.15. The number of carboxylic acids is 1. The third kappa shape index (κ3) is 6.22. The Kier molecular flexibility index (Phi) is 7.26. The van der Waals surface area contributed by atoms with Crippen LogP contribution in [0.15, 0.2) is 18.2 Å². The van der Waals surface area contributed by atoms with E-state index in [0.717, 1.165) is 29.7 Å². The lowest BCUT2D eigenvalue weighted by Gasteiger charge is -2.42. The van der Waals surface area contributed by atoms with Crippen LogP contribution in [0, 0.1) is 13.8 Å². The van der Waals surface area contributed by atoms with Crippen molar-refractivity contribution in [1.82, 2.24) is 15.5 Å². The number of hydrogen-bond acceptors (Lipinski definition) is 4. The fourth-order valence-corrected chi connectivity index (χ4v) is 3.26. The van der Waals surface area contributed by atoms with Gasteiger partial charge in [0.15, 0.2) is 0 Å². The minimum Gasteiger partial charge on any atom is -0.492 e. The van der Waals surface area contributed by atoms with Gasteiger partial charge in [-0.15, -0.1) is 0 Å². The van der Waals surface area contributed by atoms with Crippen LogP contribution in [-0.4, -0.2) is 60.3 Å². The fourth-order valence-electron chi connectivity index (χ4n) is 3.26. The molecule has 1 aromatic carbocycles. The van der Waals surface area contributed by atoms with Gasteiger partial charge in [0.05, 0.1) is 13.1 Å². The Morgan fingerprint density at radius 1 is 1.23 bits per heavy atom. The van der Waals surface area contributed by atoms with Crippen LogP contribution in [0.2, 0.25) is 0 Å². The third-order valence-corrected chi connectivity index (χ3v) is 4.56. The summed E-state index contributed by atoms with van der Waals surface area (Å²) in [4.78, 5) is 24.7. The molecule has 3 N–H and O–H groups in total. The molecule has 26 heavy (non-hydrogen) atoms. The van der Waals surface area contributed by atoms with Crippen LogP contribution in [-0.2, 0) is 4.79 Å². The molecule has 1 aromatic rings. The summed E-state index contributed by atoms with van der Waals surface area (Å²) >= 11 is 0. The normalized spacial score (nSPS) is 18.9. The standard InChI is InChI=1S/C19H29N3O4/c1-4-22(12-18(23)24)16-10-15(11-16)21-19(25)20-5-6-26-17-8-13(2)7-14(3)9-17/h7-9,15-16H,4-6,10-12H2,1-3H3,(H,23,24)(H2,20,21,25). The molecule has 0 radical (unpaired) electrons. The summed E-state index contributed by atoms with van der Waals surface area (Å²) in [6.45, 7) is 7.58. The molecular formula is C19H29N3O4. The molecule has 2 amide bonds. The number of ether oxygens (including phenoxy) is 1. The van der Waals surface area contributed by atoms with Crippen molar-refractivity contribution in [1.29, 1.82) is 0 Å². The lowest BCUT2D eigenvalue weighted by molar-refractivity contribution is -0.139. The molecule has 1 fully saturated rings. The predicted octanol–water partition coefficient (Wildman–Crippen LogP) is 1.92. The Hall–Kier alpha value is -2.28. The van der Waals surface area contributed by atoms with Crippen molar-refractivity contribution in [3.05, 3.63) is 29.3 Å². The lowest BCUT2D eigenvalue weighted by atomic mass is 9.85. The lowest BCUT2D eigenvalue weighted by Crippen LogP contribution is -2.56. The summed E-state index contributed by atoms with van der Waals surface area (Å²) in [7, 11) is 0. The zero-order valence-electron chi connectivity index (χ0n) is 15.7. The number of amides is 2. The van der Waals surface area contributed by atoms with Crippen molar-refractivity contribution in [2.75, 3.05) is 26.2 Å². The van der Waals surface area contributed by atoms with Gasteiger partial charge >= 0.3 is 12.0 Å². The molecule has 1 aliphatic carbocycles. The maximum atomic E-state index is 11.9. The molecule has 0 atom stereocenters. The van der Waals surface area contributed by atoms with Gasteiger partial charge in [0.2, 0.25) is 0 Å². The smallest absolute Gasteiger partial charge is 0.317 e. The summed E-state index contributed by atoms with van der Waals surface area (Å²) < 4.78 is 5.66. The molecule has 1 aliphatic rings. The highest BCUT2D eigenvalue weighted by Gasteiger charge is 2.34. The molecular weight excluding hydrogens is 334 g/mol. The topological polar surface area (TPSA) is 90.9 Å². The highest BCUT2D eigenvalue weighted by atomic mass is 16.5. The molecule has 0 saturated heterocycles. The van der Waals surface area contributed by atoms with Gasteiger partial charge in [-0.1, -0.05) is 13.0 Å². The first-order valence-electron chi connectivity index (χ1n) is 9.08. The molecule has 7 nitrogen and oxygen atoms in total. The molecule has 2 rings (SSSR count). The van der Waals surface area contributed by atoms with Gasteiger partial charge in [0, 0.05) is 12.1 Å². The Morgan fingerprint density at radius 2 is 1.88 bits per heavy atom. The van der Waals surface area contributed by atoms with Crippen molar-refractivity contribution in [3.8, 4) is 5.75 Å². The fraction of sp³-hybridized carbons (Fsp3) is 0.579. The molecule has 0 unspecified atom stereocenters. The van der Waals surface area contributed by atoms with Crippen LogP contribution in [0.3, 0.4) is 0 Å². The molecule has 144 valence electrons. The average Bonchev–Trinajstić information content (AvgIpc) is 2.51. The van der Waals surface area contributed by atoms with Crippen LogP contribution in [0.1, 0.15) is 30.9 Å². The molecule has 0 aliphatic heterocycles. The molecule has 7 heteroatoms. The summed E-state index contributed by atoms with van der Waals surface area (Å²) in [6.07, 6.45) is 1.57. The van der Waals surface area contributed by atoms with Gasteiger partial charge in [-0.25, -0.2) is 4.79 Å². The molecule has 0 heterocycles. The van der Waals surface area contributed by atoms with Crippen LogP contribution in [0.25, 0.3) is 0 Å². The van der Waals surface area contributed by atoms with E-state index in [4.69, 9.17) is 9.84 Å². The Balaban J connectivity index is 1.60. The Morgan fingerprint density at radius 3 is 2.46 bits per heavy atom. The second kappa shape index (κ2) is 9.43. The number of benzene rings is 1. The number of carbonyl (C=O) groups is 2. The molecule has 0 aromatic heterocycles. The van der Waals surface area contributed by atoms with Gasteiger partial charge in [0.1, 0.15) is 12.4 Å². The van der Waals surface area contributed by atoms with Crippen molar-refractivity contribution in [2.45, 2.75) is 45.7 Å². The SMILES string of the molecule is CCN(CC(=O)O)C1CC(NC(=O)NCCOc2cc(C)cc(C)c2)C1. The van der Waals surface area contributed by atoms with Crippen molar-refractivity contribution in [2.24, 2.45) is 0 Å². The van der Waals surface area contributed by atoms with E-state index in [1.807, 2.05) is 37.8 Å². The van der Waals surface area contributed by atoms with Crippen LogP contribution < -0.4 is 15.4 Å². The number of nitrogens with zero attached hydrogens (tertiary/aromatic N) is 1. The molecule has 0 spiro atoms. The van der Waals surface area contributed by atoms with Gasteiger partial charge in [-0.05, 0) is 56.5 Å². The first-order valence-corrected chi connectivity index (χ1v) is 9.08. The summed E-state index contributed by atoms with van der Waals surface area (Å²) in [5.74, 6) is -0.00515. The molecule has 1 saturated carbocycles. The second-order valence-corrected chi connectivity index (χ2v) is 6.85. The largest absolute Gasteiger partial charge is 0.492 e. The van der Waals surface area contributed by atoms with Crippen LogP contribution in [0.4, 0.5) is 4.79 Å². The zero-order valence-corrected chi connectivity index (χ0v) is 15.7. The quantitative estimate of drug-likeness (QED) is 0.583. The average molecular weight is 363 g/mol. The second-order valence-electron chi connectivity index (χ2n) is 6.85. The number of urea groups is 1. The van der Waals surface area contributed by atoms with E-state index >= 15 is 0 Å². The van der Waals surface area contributed by atoms with Gasteiger partial charge in [-0.2, -0.15) is 0 Å². The maximum Gasteiger partial charge on any atom is 0.317 e. The minimum absolute atomic E-state index is 0.0514. The highest BCUT2D eigenvalue weighted by Crippen LogP contribution is 2.25. The number of carbonyl (C=O) groups excluding carboxylic acids is 1. The number of rotatable bonds is 9. The Labute approximate surface area is 154 Å². The van der Waals surface area contributed by atoms with E-state index in [9.17, 15) is 9.59 Å². The zero-order chi connectivity index (χ0) is 19.1. The summed E-state index contributed by atoms with van der Waals surface area (Å²) in [5.41, 5.74) is 2.29. The van der Waals surface area contributed by atoms with Crippen LogP contribution in [0.5, 0.6) is 5.75 Å². The van der Waals surface area contributed by atoms with E-state index in [2.05, 4.69) is 16.7 Å². The monoisotopic (exact) mass is 363 g/mol. The Bertz CT molecular complexity index is 609. The van der Waals surface area contributed by atoms with Crippen LogP contribution >= 0.6 is 0 Å².